The average Bonchev–Trinajstić information content (AvgIpc) is 2.38. The number of rotatable bonds is 4. The quantitative estimate of drug-likeness (QED) is 0.831. The van der Waals surface area contributed by atoms with Gasteiger partial charge in [-0.1, -0.05) is 42.5 Å². The number of nitrogens with zero attached hydrogens (tertiary/aromatic N) is 2. The second kappa shape index (κ2) is 5.36. The van der Waals surface area contributed by atoms with Crippen LogP contribution in [-0.2, 0) is 6.61 Å². The Morgan fingerprint density at radius 1 is 1.24 bits per heavy atom. The first-order chi connectivity index (χ1) is 8.25. The molecule has 0 unspecified atom stereocenters. The predicted octanol–water partition coefficient (Wildman–Crippen LogP) is 1.69. The number of aromatic nitrogens is 2. The lowest BCUT2D eigenvalue weighted by Crippen LogP contribution is -2.12. The lowest BCUT2D eigenvalue weighted by molar-refractivity contribution is 0.293. The molecular weight excluding hydrogens is 234 g/mol. The van der Waals surface area contributed by atoms with Crippen molar-refractivity contribution in [3.8, 4) is 5.88 Å². The summed E-state index contributed by atoms with van der Waals surface area (Å²) >= 11 is 4.83. The van der Waals surface area contributed by atoms with Gasteiger partial charge in [-0.25, -0.2) is 9.97 Å². The van der Waals surface area contributed by atoms with E-state index >= 15 is 0 Å². The van der Waals surface area contributed by atoms with Gasteiger partial charge in [0.25, 0.3) is 0 Å². The zero-order valence-electron chi connectivity index (χ0n) is 9.04. The van der Waals surface area contributed by atoms with Gasteiger partial charge in [-0.2, -0.15) is 0 Å². The van der Waals surface area contributed by atoms with Gasteiger partial charge in [-0.3, -0.25) is 0 Å². The molecule has 0 radical (unpaired) electrons. The first-order valence-electron chi connectivity index (χ1n) is 5.04. The largest absolute Gasteiger partial charge is 0.473 e. The van der Waals surface area contributed by atoms with Crippen molar-refractivity contribution in [1.82, 2.24) is 9.97 Å². The first kappa shape index (κ1) is 11.5. The predicted molar refractivity (Wildman–Crippen MR) is 68.7 cm³/mol. The minimum atomic E-state index is 0.233. The molecule has 86 valence electrons. The van der Waals surface area contributed by atoms with Crippen molar-refractivity contribution in [1.29, 1.82) is 0 Å². The summed E-state index contributed by atoms with van der Waals surface area (Å²) < 4.78 is 5.52. The third-order valence-corrected chi connectivity index (χ3v) is 2.33. The van der Waals surface area contributed by atoms with Gasteiger partial charge in [0.15, 0.2) is 0 Å². The third-order valence-electron chi connectivity index (χ3n) is 2.12. The number of hydrogen-bond donors (Lipinski definition) is 1. The van der Waals surface area contributed by atoms with Crippen LogP contribution in [-0.4, -0.2) is 15.0 Å². The van der Waals surface area contributed by atoms with Crippen molar-refractivity contribution in [2.24, 2.45) is 5.73 Å². The summed E-state index contributed by atoms with van der Waals surface area (Å²) in [7, 11) is 0. The summed E-state index contributed by atoms with van der Waals surface area (Å²) in [6.07, 6.45) is 1.38. The molecule has 0 saturated carbocycles. The fourth-order valence-corrected chi connectivity index (χ4v) is 1.40. The van der Waals surface area contributed by atoms with Gasteiger partial charge in [0.05, 0.1) is 0 Å². The van der Waals surface area contributed by atoms with Crippen LogP contribution in [0.4, 0.5) is 0 Å². The Labute approximate surface area is 104 Å². The summed E-state index contributed by atoms with van der Waals surface area (Å²) in [6.45, 7) is 0.453. The number of thiocarbonyl (C=S) groups is 1. The van der Waals surface area contributed by atoms with Gasteiger partial charge in [0.2, 0.25) is 5.88 Å². The Hall–Kier alpha value is -2.01. The maximum absolute atomic E-state index is 5.52. The highest BCUT2D eigenvalue weighted by atomic mass is 32.1. The van der Waals surface area contributed by atoms with E-state index in [0.717, 1.165) is 5.56 Å². The fourth-order valence-electron chi connectivity index (χ4n) is 1.28. The molecule has 0 bridgehead atoms. The lowest BCUT2D eigenvalue weighted by atomic mass is 10.2. The minimum Gasteiger partial charge on any atom is -0.473 e. The summed E-state index contributed by atoms with van der Waals surface area (Å²) in [5, 5.41) is 0. The van der Waals surface area contributed by atoms with Crippen molar-refractivity contribution in [2.45, 2.75) is 6.61 Å². The molecule has 0 atom stereocenters. The molecule has 1 heterocycles. The van der Waals surface area contributed by atoms with E-state index < -0.39 is 0 Å². The van der Waals surface area contributed by atoms with Crippen molar-refractivity contribution < 1.29 is 4.74 Å². The number of hydrogen-bond acceptors (Lipinski definition) is 4. The highest BCUT2D eigenvalue weighted by molar-refractivity contribution is 7.80. The molecular formula is C12H11N3OS. The molecule has 4 nitrogen and oxygen atoms in total. The molecule has 0 amide bonds. The molecule has 0 saturated heterocycles. The van der Waals surface area contributed by atoms with Crippen LogP contribution in [0.3, 0.4) is 0 Å². The zero-order chi connectivity index (χ0) is 12.1. The molecule has 1 aromatic carbocycles. The van der Waals surface area contributed by atoms with Gasteiger partial charge in [0.1, 0.15) is 23.6 Å². The summed E-state index contributed by atoms with van der Waals surface area (Å²) in [6, 6.07) is 11.5. The van der Waals surface area contributed by atoms with Crippen LogP contribution in [0.1, 0.15) is 11.3 Å². The smallest absolute Gasteiger partial charge is 0.217 e. The van der Waals surface area contributed by atoms with Gasteiger partial charge >= 0.3 is 0 Å². The Bertz CT molecular complexity index is 516. The Morgan fingerprint density at radius 2 is 2.00 bits per heavy atom. The van der Waals surface area contributed by atoms with E-state index in [2.05, 4.69) is 9.97 Å². The molecule has 5 heteroatoms. The Balaban J connectivity index is 2.04. The summed E-state index contributed by atoms with van der Waals surface area (Å²) in [5.74, 6) is 0.464. The van der Waals surface area contributed by atoms with E-state index in [4.69, 9.17) is 22.7 Å². The van der Waals surface area contributed by atoms with Crippen LogP contribution in [0.15, 0.2) is 42.7 Å². The Kier molecular flexibility index (Phi) is 3.62. The molecule has 0 aliphatic heterocycles. The van der Waals surface area contributed by atoms with E-state index in [0.29, 0.717) is 18.2 Å². The highest BCUT2D eigenvalue weighted by Gasteiger charge is 2.02. The third kappa shape index (κ3) is 3.22. The van der Waals surface area contributed by atoms with Gasteiger partial charge < -0.3 is 10.5 Å². The van der Waals surface area contributed by atoms with Crippen LogP contribution in [0.2, 0.25) is 0 Å². The summed E-state index contributed by atoms with van der Waals surface area (Å²) in [4.78, 5) is 8.16. The molecule has 17 heavy (non-hydrogen) atoms. The number of benzene rings is 1. The van der Waals surface area contributed by atoms with Gasteiger partial charge in [-0.15, -0.1) is 0 Å². The van der Waals surface area contributed by atoms with Crippen LogP contribution < -0.4 is 10.5 Å². The highest BCUT2D eigenvalue weighted by Crippen LogP contribution is 2.09. The van der Waals surface area contributed by atoms with E-state index in [-0.39, 0.29) is 4.99 Å². The first-order valence-corrected chi connectivity index (χ1v) is 5.45. The van der Waals surface area contributed by atoms with E-state index in [1.807, 2.05) is 30.3 Å². The standard InChI is InChI=1S/C12H11N3OS/c13-12(17)10-6-11(15-8-14-10)16-7-9-4-2-1-3-5-9/h1-6,8H,7H2,(H2,13,17). The zero-order valence-corrected chi connectivity index (χ0v) is 9.85. The SMILES string of the molecule is NC(=S)c1cc(OCc2ccccc2)ncn1. The fraction of sp³-hybridized carbons (Fsp3) is 0.0833. The molecule has 2 rings (SSSR count). The molecule has 0 aliphatic carbocycles. The van der Waals surface area contributed by atoms with Crippen molar-refractivity contribution in [3.05, 3.63) is 54.0 Å². The van der Waals surface area contributed by atoms with Gasteiger partial charge in [0, 0.05) is 6.07 Å². The van der Waals surface area contributed by atoms with Gasteiger partial charge in [-0.05, 0) is 5.56 Å². The number of ether oxygens (including phenoxy) is 1. The molecule has 2 aromatic rings. The molecule has 0 spiro atoms. The van der Waals surface area contributed by atoms with E-state index in [1.54, 1.807) is 6.07 Å². The van der Waals surface area contributed by atoms with Crippen molar-refractivity contribution in [3.63, 3.8) is 0 Å². The van der Waals surface area contributed by atoms with E-state index in [9.17, 15) is 0 Å². The normalized spacial score (nSPS) is 9.88. The number of nitrogens with two attached hydrogens (primary N) is 1. The van der Waals surface area contributed by atoms with Crippen LogP contribution in [0, 0.1) is 0 Å². The van der Waals surface area contributed by atoms with Crippen molar-refractivity contribution in [2.75, 3.05) is 0 Å². The van der Waals surface area contributed by atoms with Crippen LogP contribution >= 0.6 is 12.2 Å². The molecule has 0 aliphatic rings. The minimum absolute atomic E-state index is 0.233. The lowest BCUT2D eigenvalue weighted by Gasteiger charge is -2.05. The van der Waals surface area contributed by atoms with E-state index in [1.165, 1.54) is 6.33 Å². The summed E-state index contributed by atoms with van der Waals surface area (Å²) in [5.41, 5.74) is 7.06. The van der Waals surface area contributed by atoms with Crippen molar-refractivity contribution >= 4 is 17.2 Å². The molecule has 1 aromatic heterocycles. The van der Waals surface area contributed by atoms with Crippen LogP contribution in [0.25, 0.3) is 0 Å². The average molecular weight is 245 g/mol. The molecule has 0 fully saturated rings. The maximum atomic E-state index is 5.52. The Morgan fingerprint density at radius 3 is 2.71 bits per heavy atom. The van der Waals surface area contributed by atoms with Crippen LogP contribution in [0.5, 0.6) is 5.88 Å². The topological polar surface area (TPSA) is 61.0 Å². The second-order valence-electron chi connectivity index (χ2n) is 3.38. The monoisotopic (exact) mass is 245 g/mol. The maximum Gasteiger partial charge on any atom is 0.217 e. The second-order valence-corrected chi connectivity index (χ2v) is 3.82. The molecule has 2 N–H and O–H groups in total.